The van der Waals surface area contributed by atoms with Gasteiger partial charge in [-0.15, -0.1) is 0 Å². The van der Waals surface area contributed by atoms with Crippen LogP contribution in [0.2, 0.25) is 0 Å². The van der Waals surface area contributed by atoms with Crippen molar-refractivity contribution in [2.45, 2.75) is 37.9 Å². The highest BCUT2D eigenvalue weighted by molar-refractivity contribution is 5.90. The Morgan fingerprint density at radius 1 is 1.47 bits per heavy atom. The summed E-state index contributed by atoms with van der Waals surface area (Å²) in [5.41, 5.74) is -0.923. The number of aliphatic hydroxyl groups is 2. The molecule has 0 radical (unpaired) electrons. The maximum absolute atomic E-state index is 11.9. The van der Waals surface area contributed by atoms with E-state index in [4.69, 9.17) is 4.74 Å². The molecule has 0 bridgehead atoms. The van der Waals surface area contributed by atoms with Crippen LogP contribution in [0.25, 0.3) is 0 Å². The minimum atomic E-state index is -1.14. The van der Waals surface area contributed by atoms with E-state index in [-0.39, 0.29) is 23.9 Å². The van der Waals surface area contributed by atoms with E-state index in [2.05, 4.69) is 6.92 Å². The number of carbonyl (C=O) groups excluding carboxylic acids is 1. The highest BCUT2D eigenvalue weighted by atomic mass is 16.5. The average molecular weight is 236 g/mol. The molecule has 0 aromatic carbocycles. The molecular weight excluding hydrogens is 220 g/mol. The molecule has 17 heavy (non-hydrogen) atoms. The summed E-state index contributed by atoms with van der Waals surface area (Å²) in [6.45, 7) is 2.34. The van der Waals surface area contributed by atoms with Gasteiger partial charge in [0.05, 0.1) is 11.5 Å². The van der Waals surface area contributed by atoms with Crippen molar-refractivity contribution in [1.82, 2.24) is 0 Å². The summed E-state index contributed by atoms with van der Waals surface area (Å²) in [4.78, 5) is 11.9. The number of cyclic esters (lactones) is 1. The molecule has 4 nitrogen and oxygen atoms in total. The molecule has 0 aromatic heterocycles. The molecule has 4 heteroatoms. The van der Waals surface area contributed by atoms with Crippen LogP contribution in [0.5, 0.6) is 0 Å². The lowest BCUT2D eigenvalue weighted by Crippen LogP contribution is -2.49. The van der Waals surface area contributed by atoms with Crippen LogP contribution < -0.4 is 0 Å². The van der Waals surface area contributed by atoms with Gasteiger partial charge in [-0.3, -0.25) is 4.79 Å². The normalized spacial score (nSPS) is 59.0. The van der Waals surface area contributed by atoms with Crippen LogP contribution in [0.1, 0.15) is 26.2 Å². The van der Waals surface area contributed by atoms with E-state index in [9.17, 15) is 15.0 Å². The number of hydrogen-bond donors (Lipinski definition) is 2. The molecule has 5 unspecified atom stereocenters. The summed E-state index contributed by atoms with van der Waals surface area (Å²) in [5, 5.41) is 20.7. The smallest absolute Gasteiger partial charge is 0.317 e. The second-order valence-corrected chi connectivity index (χ2v) is 6.28. The number of esters is 1. The van der Waals surface area contributed by atoms with Gasteiger partial charge in [0.1, 0.15) is 12.2 Å². The van der Waals surface area contributed by atoms with E-state index < -0.39 is 17.1 Å². The van der Waals surface area contributed by atoms with Crippen LogP contribution in [0, 0.1) is 16.7 Å². The number of hydrogen-bond acceptors (Lipinski definition) is 4. The number of ether oxygens (including phenoxy) is 1. The fraction of sp³-hybridized carbons (Fsp3) is 0.769. The molecule has 3 aliphatic carbocycles. The third kappa shape index (κ3) is 0.799. The van der Waals surface area contributed by atoms with Crippen LogP contribution in [-0.2, 0) is 9.53 Å². The van der Waals surface area contributed by atoms with E-state index in [1.165, 1.54) is 0 Å². The standard InChI is InChI=1S/C13H16O4/c1-11-6-12(11)7(5-17-10(12)15)4-13(16)8(11)2-3-9(13)14/h4,8-9,14,16H,2-3,5-6H2,1H3. The number of carbonyl (C=O) groups is 1. The minimum absolute atomic E-state index is 0.0144. The van der Waals surface area contributed by atoms with Crippen LogP contribution in [0.3, 0.4) is 0 Å². The van der Waals surface area contributed by atoms with E-state index in [0.717, 1.165) is 18.4 Å². The lowest BCUT2D eigenvalue weighted by molar-refractivity contribution is -0.144. The van der Waals surface area contributed by atoms with E-state index in [1.807, 2.05) is 0 Å². The zero-order valence-corrected chi connectivity index (χ0v) is 9.77. The summed E-state index contributed by atoms with van der Waals surface area (Å²) >= 11 is 0. The predicted octanol–water partition coefficient (Wildman–Crippen LogP) is 0.382. The van der Waals surface area contributed by atoms with Crippen LogP contribution >= 0.6 is 0 Å². The Morgan fingerprint density at radius 2 is 2.24 bits per heavy atom. The molecule has 0 aromatic rings. The molecule has 92 valence electrons. The summed E-state index contributed by atoms with van der Waals surface area (Å²) in [5.74, 6) is -0.144. The third-order valence-electron chi connectivity index (χ3n) is 5.73. The van der Waals surface area contributed by atoms with Gasteiger partial charge in [-0.25, -0.2) is 0 Å². The molecule has 1 saturated heterocycles. The summed E-state index contributed by atoms with van der Waals surface area (Å²) < 4.78 is 5.16. The Morgan fingerprint density at radius 3 is 3.00 bits per heavy atom. The lowest BCUT2D eigenvalue weighted by Gasteiger charge is -2.39. The second kappa shape index (κ2) is 2.45. The molecule has 5 atom stereocenters. The van der Waals surface area contributed by atoms with Crippen molar-refractivity contribution < 1.29 is 19.7 Å². The van der Waals surface area contributed by atoms with Crippen LogP contribution in [0.15, 0.2) is 11.6 Å². The van der Waals surface area contributed by atoms with Gasteiger partial charge in [0, 0.05) is 5.92 Å². The monoisotopic (exact) mass is 236 g/mol. The van der Waals surface area contributed by atoms with E-state index >= 15 is 0 Å². The van der Waals surface area contributed by atoms with Gasteiger partial charge in [-0.1, -0.05) is 6.92 Å². The lowest BCUT2D eigenvalue weighted by atomic mass is 9.67. The molecule has 4 aliphatic rings. The fourth-order valence-electron chi connectivity index (χ4n) is 4.72. The first-order chi connectivity index (χ1) is 7.95. The highest BCUT2D eigenvalue weighted by Crippen LogP contribution is 2.79. The highest BCUT2D eigenvalue weighted by Gasteiger charge is 2.81. The molecule has 3 fully saturated rings. The number of fused-ring (bicyclic) bond motifs is 2. The molecule has 0 amide bonds. The quantitative estimate of drug-likeness (QED) is 0.471. The van der Waals surface area contributed by atoms with Gasteiger partial charge < -0.3 is 14.9 Å². The van der Waals surface area contributed by atoms with Crippen LogP contribution in [-0.4, -0.2) is 34.5 Å². The van der Waals surface area contributed by atoms with Gasteiger partial charge in [0.2, 0.25) is 0 Å². The van der Waals surface area contributed by atoms with Crippen molar-refractivity contribution in [1.29, 1.82) is 0 Å². The van der Waals surface area contributed by atoms with Gasteiger partial charge in [0.15, 0.2) is 0 Å². The van der Waals surface area contributed by atoms with Gasteiger partial charge in [0.25, 0.3) is 0 Å². The maximum Gasteiger partial charge on any atom is 0.317 e. The summed E-state index contributed by atoms with van der Waals surface area (Å²) in [6.07, 6.45) is 3.20. The molecule has 4 rings (SSSR count). The second-order valence-electron chi connectivity index (χ2n) is 6.28. The summed E-state index contributed by atoms with van der Waals surface area (Å²) in [7, 11) is 0. The zero-order chi connectivity index (χ0) is 12.1. The van der Waals surface area contributed by atoms with Gasteiger partial charge in [-0.2, -0.15) is 0 Å². The molecule has 1 heterocycles. The number of rotatable bonds is 0. The third-order valence-corrected chi connectivity index (χ3v) is 5.73. The largest absolute Gasteiger partial charge is 0.460 e. The van der Waals surface area contributed by atoms with Crippen molar-refractivity contribution in [2.75, 3.05) is 6.61 Å². The van der Waals surface area contributed by atoms with E-state index in [1.54, 1.807) is 6.08 Å². The Bertz CT molecular complexity index is 470. The SMILES string of the molecule is CC12CC13C(=O)OCC3=CC1(O)C(O)CCC12. The molecule has 1 aliphatic heterocycles. The Hall–Kier alpha value is -0.870. The summed E-state index contributed by atoms with van der Waals surface area (Å²) in [6, 6.07) is 0. The Kier molecular flexibility index (Phi) is 1.45. The first-order valence-electron chi connectivity index (χ1n) is 6.25. The maximum atomic E-state index is 11.9. The minimum Gasteiger partial charge on any atom is -0.460 e. The Balaban J connectivity index is 1.93. The van der Waals surface area contributed by atoms with Crippen molar-refractivity contribution in [3.05, 3.63) is 11.6 Å². The van der Waals surface area contributed by atoms with Crippen molar-refractivity contribution in [3.8, 4) is 0 Å². The van der Waals surface area contributed by atoms with Crippen molar-refractivity contribution in [3.63, 3.8) is 0 Å². The van der Waals surface area contributed by atoms with E-state index in [0.29, 0.717) is 6.42 Å². The van der Waals surface area contributed by atoms with Gasteiger partial charge in [-0.05, 0) is 36.3 Å². The first kappa shape index (κ1) is 10.1. The molecule has 2 saturated carbocycles. The Labute approximate surface area is 99.3 Å². The molecular formula is C13H16O4. The zero-order valence-electron chi connectivity index (χ0n) is 9.77. The topological polar surface area (TPSA) is 66.8 Å². The predicted molar refractivity (Wildman–Crippen MR) is 57.9 cm³/mol. The van der Waals surface area contributed by atoms with Crippen molar-refractivity contribution in [2.24, 2.45) is 16.7 Å². The van der Waals surface area contributed by atoms with Crippen molar-refractivity contribution >= 4 is 5.97 Å². The average Bonchev–Trinajstić information content (AvgIpc) is 2.67. The fourth-order valence-corrected chi connectivity index (χ4v) is 4.72. The first-order valence-corrected chi connectivity index (χ1v) is 6.25. The number of aliphatic hydroxyl groups excluding tert-OH is 1. The van der Waals surface area contributed by atoms with Gasteiger partial charge >= 0.3 is 5.97 Å². The molecule has 2 N–H and O–H groups in total. The van der Waals surface area contributed by atoms with Crippen LogP contribution in [0.4, 0.5) is 0 Å². The molecule has 1 spiro atoms.